The van der Waals surface area contributed by atoms with Gasteiger partial charge in [-0.25, -0.2) is 15.0 Å². The maximum absolute atomic E-state index is 10.1. The maximum Gasteiger partial charge on any atom is 0.204 e. The largest absolute Gasteiger partial charge is 0.508 e. The molecule has 0 unspecified atom stereocenters. The Hall–Kier alpha value is -4.16. The fourth-order valence-corrected chi connectivity index (χ4v) is 3.43. The minimum atomic E-state index is 0.191. The van der Waals surface area contributed by atoms with Crippen LogP contribution in [-0.2, 0) is 0 Å². The van der Waals surface area contributed by atoms with Gasteiger partial charge < -0.3 is 10.1 Å². The number of rotatable bonds is 2. The third-order valence-corrected chi connectivity index (χ3v) is 4.88. The highest BCUT2D eigenvalue weighted by Crippen LogP contribution is 2.37. The van der Waals surface area contributed by atoms with Crippen LogP contribution < -0.4 is 0 Å². The third-order valence-electron chi connectivity index (χ3n) is 4.88. The van der Waals surface area contributed by atoms with Gasteiger partial charge in [0.2, 0.25) is 5.82 Å². The summed E-state index contributed by atoms with van der Waals surface area (Å²) in [5.41, 5.74) is 5.86. The molecule has 2 N–H and O–H groups in total. The van der Waals surface area contributed by atoms with Crippen molar-refractivity contribution in [2.75, 3.05) is 0 Å². The molecule has 0 amide bonds. The van der Waals surface area contributed by atoms with Gasteiger partial charge in [0.05, 0.1) is 11.3 Å². The quantitative estimate of drug-likeness (QED) is 0.507. The van der Waals surface area contributed by atoms with Gasteiger partial charge in [0.15, 0.2) is 0 Å². The molecule has 6 heteroatoms. The lowest BCUT2D eigenvalue weighted by Crippen LogP contribution is -1.94. The zero-order valence-corrected chi connectivity index (χ0v) is 16.2. The summed E-state index contributed by atoms with van der Waals surface area (Å²) in [6.45, 7) is 5.52. The predicted octanol–water partition coefficient (Wildman–Crippen LogP) is 4.25. The molecule has 0 saturated carbocycles. The van der Waals surface area contributed by atoms with E-state index in [1.165, 1.54) is 0 Å². The second-order valence-corrected chi connectivity index (χ2v) is 6.68. The van der Waals surface area contributed by atoms with E-state index < -0.39 is 0 Å². The smallest absolute Gasteiger partial charge is 0.204 e. The van der Waals surface area contributed by atoms with Crippen LogP contribution in [0, 0.1) is 37.0 Å². The molecule has 0 aliphatic rings. The number of aryl methyl sites for hydroxylation is 1. The molecular formula is C23H17N5O. The number of hydrogen-bond donors (Lipinski definition) is 2. The lowest BCUT2D eigenvalue weighted by atomic mass is 9.92. The first-order chi connectivity index (χ1) is 14.0. The van der Waals surface area contributed by atoms with Crippen molar-refractivity contribution in [1.82, 2.24) is 19.9 Å². The average molecular weight is 379 g/mol. The van der Waals surface area contributed by atoms with Crippen LogP contribution in [0.25, 0.3) is 33.4 Å². The highest BCUT2D eigenvalue weighted by atomic mass is 16.3. The van der Waals surface area contributed by atoms with Gasteiger partial charge in [-0.15, -0.1) is 0 Å². The van der Waals surface area contributed by atoms with Crippen molar-refractivity contribution in [2.45, 2.75) is 20.8 Å². The van der Waals surface area contributed by atoms with Crippen LogP contribution in [0.3, 0.4) is 0 Å². The Morgan fingerprint density at radius 2 is 1.83 bits per heavy atom. The highest BCUT2D eigenvalue weighted by molar-refractivity contribution is 5.94. The minimum Gasteiger partial charge on any atom is -0.508 e. The predicted molar refractivity (Wildman–Crippen MR) is 111 cm³/mol. The Labute approximate surface area is 167 Å². The molecule has 140 valence electrons. The Balaban J connectivity index is 1.90. The van der Waals surface area contributed by atoms with Gasteiger partial charge in [-0.1, -0.05) is 12.0 Å². The summed E-state index contributed by atoms with van der Waals surface area (Å²) in [7, 11) is 0. The van der Waals surface area contributed by atoms with Gasteiger partial charge in [-0.3, -0.25) is 0 Å². The Kier molecular flexibility index (Phi) is 4.46. The van der Waals surface area contributed by atoms with Crippen molar-refractivity contribution in [1.29, 1.82) is 5.26 Å². The van der Waals surface area contributed by atoms with E-state index in [4.69, 9.17) is 0 Å². The zero-order valence-electron chi connectivity index (χ0n) is 16.2. The summed E-state index contributed by atoms with van der Waals surface area (Å²) < 4.78 is 0. The third kappa shape index (κ3) is 3.07. The number of aromatic hydroxyl groups is 1. The van der Waals surface area contributed by atoms with Crippen LogP contribution in [0.4, 0.5) is 0 Å². The number of fused-ring (bicyclic) bond motifs is 1. The molecule has 0 fully saturated rings. The number of phenolic OH excluding ortho intramolecular Hbond substituents is 1. The van der Waals surface area contributed by atoms with Gasteiger partial charge in [0, 0.05) is 35.1 Å². The van der Waals surface area contributed by atoms with E-state index in [0.717, 1.165) is 27.9 Å². The van der Waals surface area contributed by atoms with Gasteiger partial charge in [-0.2, -0.15) is 5.26 Å². The first kappa shape index (κ1) is 18.2. The summed E-state index contributed by atoms with van der Waals surface area (Å²) in [4.78, 5) is 16.2. The molecule has 0 aliphatic carbocycles. The molecule has 4 rings (SSSR count). The molecule has 0 bridgehead atoms. The number of nitrogens with one attached hydrogen (secondary N) is 1. The summed E-state index contributed by atoms with van der Waals surface area (Å²) in [5.74, 6) is 6.23. The van der Waals surface area contributed by atoms with Crippen LogP contribution in [0.15, 0.2) is 36.8 Å². The molecule has 0 aliphatic heterocycles. The van der Waals surface area contributed by atoms with Crippen LogP contribution >= 0.6 is 0 Å². The lowest BCUT2D eigenvalue weighted by molar-refractivity contribution is 0.471. The number of pyridine rings is 1. The molecular weight excluding hydrogens is 362 g/mol. The Morgan fingerprint density at radius 1 is 1.07 bits per heavy atom. The molecule has 6 nitrogen and oxygen atoms in total. The number of nitriles is 1. The first-order valence-electron chi connectivity index (χ1n) is 9.00. The highest BCUT2D eigenvalue weighted by Gasteiger charge is 2.18. The summed E-state index contributed by atoms with van der Waals surface area (Å²) >= 11 is 0. The molecule has 0 saturated heterocycles. The van der Waals surface area contributed by atoms with Crippen LogP contribution in [0.1, 0.15) is 29.4 Å². The van der Waals surface area contributed by atoms with Crippen molar-refractivity contribution in [3.8, 4) is 46.0 Å². The van der Waals surface area contributed by atoms with Gasteiger partial charge >= 0.3 is 0 Å². The number of phenols is 1. The molecule has 1 aromatic carbocycles. The lowest BCUT2D eigenvalue weighted by Gasteiger charge is -2.13. The number of aromatic nitrogens is 4. The molecule has 3 heterocycles. The zero-order chi connectivity index (χ0) is 20.5. The minimum absolute atomic E-state index is 0.191. The molecule has 0 atom stereocenters. The number of hydrogen-bond acceptors (Lipinski definition) is 5. The van der Waals surface area contributed by atoms with E-state index in [9.17, 15) is 10.4 Å². The van der Waals surface area contributed by atoms with E-state index in [-0.39, 0.29) is 5.75 Å². The van der Waals surface area contributed by atoms with Crippen LogP contribution in [0.2, 0.25) is 0 Å². The van der Waals surface area contributed by atoms with E-state index in [2.05, 4.69) is 37.8 Å². The first-order valence-corrected chi connectivity index (χ1v) is 9.00. The normalized spacial score (nSPS) is 10.4. The second-order valence-electron chi connectivity index (χ2n) is 6.68. The van der Waals surface area contributed by atoms with Crippen molar-refractivity contribution in [2.24, 2.45) is 0 Å². The molecule has 0 spiro atoms. The van der Waals surface area contributed by atoms with E-state index in [0.29, 0.717) is 28.0 Å². The van der Waals surface area contributed by atoms with Crippen molar-refractivity contribution in [3.05, 3.63) is 59.3 Å². The molecule has 29 heavy (non-hydrogen) atoms. The fourth-order valence-electron chi connectivity index (χ4n) is 3.43. The van der Waals surface area contributed by atoms with E-state index in [1.54, 1.807) is 31.6 Å². The average Bonchev–Trinajstić information content (AvgIpc) is 3.16. The SMILES string of the molecule is CC#Cc1ncc(-c2cc3c(C#N)c(-c4c(C)ccc(O)c4C)cnc3[nH]2)cn1. The standard InChI is InChI=1S/C23H17N5O/c1-4-5-21-25-10-15(11-26-21)19-8-16-17(9-24)18(12-27-23(16)28-19)22-13(2)6-7-20(29)14(22)3/h6-8,10-12,29H,1-3H3,(H,27,28). The fraction of sp³-hybridized carbons (Fsp3) is 0.130. The second kappa shape index (κ2) is 7.10. The maximum atomic E-state index is 10.1. The molecule has 0 radical (unpaired) electrons. The van der Waals surface area contributed by atoms with Crippen LogP contribution in [0.5, 0.6) is 5.75 Å². The van der Waals surface area contributed by atoms with Crippen LogP contribution in [-0.4, -0.2) is 25.0 Å². The van der Waals surface area contributed by atoms with Crippen molar-refractivity contribution >= 4 is 11.0 Å². The summed E-state index contributed by atoms with van der Waals surface area (Å²) in [6, 6.07) is 7.68. The summed E-state index contributed by atoms with van der Waals surface area (Å²) in [6.07, 6.45) is 5.05. The molecule has 4 aromatic rings. The number of benzene rings is 1. The monoisotopic (exact) mass is 379 g/mol. The van der Waals surface area contributed by atoms with Gasteiger partial charge in [-0.05, 0) is 55.5 Å². The van der Waals surface area contributed by atoms with Crippen molar-refractivity contribution < 1.29 is 5.11 Å². The number of aromatic amines is 1. The Morgan fingerprint density at radius 3 is 2.52 bits per heavy atom. The number of nitrogens with zero attached hydrogens (tertiary/aromatic N) is 4. The van der Waals surface area contributed by atoms with E-state index >= 15 is 0 Å². The summed E-state index contributed by atoms with van der Waals surface area (Å²) in [5, 5.41) is 20.8. The molecule has 3 aromatic heterocycles. The number of H-pyrrole nitrogens is 1. The van der Waals surface area contributed by atoms with E-state index in [1.807, 2.05) is 26.0 Å². The van der Waals surface area contributed by atoms with Gasteiger partial charge in [0.25, 0.3) is 0 Å². The van der Waals surface area contributed by atoms with Gasteiger partial charge in [0.1, 0.15) is 17.5 Å². The Bertz CT molecular complexity index is 1350. The topological polar surface area (TPSA) is 98.5 Å². The van der Waals surface area contributed by atoms with Crippen molar-refractivity contribution in [3.63, 3.8) is 0 Å².